The van der Waals surface area contributed by atoms with E-state index in [0.29, 0.717) is 0 Å². The highest BCUT2D eigenvalue weighted by Gasteiger charge is 2.39. The Balaban J connectivity index is 1.61. The molecule has 4 nitrogen and oxygen atoms in total. The van der Waals surface area contributed by atoms with Gasteiger partial charge < -0.3 is 14.2 Å². The quantitative estimate of drug-likeness (QED) is 0.273. The molecule has 2 aromatic heterocycles. The summed E-state index contributed by atoms with van der Waals surface area (Å²) in [5.41, 5.74) is 7.81. The summed E-state index contributed by atoms with van der Waals surface area (Å²) in [6, 6.07) is 32.1. The standard InChI is InChI=1S/C30H25N3O/c1-19-17-18-23-22-13-8-10-16-26(22)34-29(23)27(19)32-20(2)31(3)28-24-14-7-9-15-25(24)33(30(28)32)21-11-5-4-6-12-21/h4-18,20H,1-3H3/t20-/m0/s1. The highest BCUT2D eigenvalue weighted by atomic mass is 16.3. The molecule has 0 saturated heterocycles. The zero-order valence-electron chi connectivity index (χ0n) is 19.5. The molecule has 0 unspecified atom stereocenters. The van der Waals surface area contributed by atoms with Gasteiger partial charge in [0.2, 0.25) is 0 Å². The minimum atomic E-state index is 0.127. The fourth-order valence-corrected chi connectivity index (χ4v) is 5.62. The number of fused-ring (bicyclic) bond motifs is 6. The molecule has 6 aromatic rings. The fourth-order valence-electron chi connectivity index (χ4n) is 5.62. The van der Waals surface area contributed by atoms with Crippen LogP contribution in [0.4, 0.5) is 17.2 Å². The van der Waals surface area contributed by atoms with Crippen LogP contribution in [-0.4, -0.2) is 17.8 Å². The molecule has 4 aromatic carbocycles. The number of aromatic nitrogens is 1. The zero-order valence-corrected chi connectivity index (χ0v) is 19.5. The Hall–Kier alpha value is -4.18. The van der Waals surface area contributed by atoms with Gasteiger partial charge in [-0.05, 0) is 43.7 Å². The van der Waals surface area contributed by atoms with Crippen molar-refractivity contribution in [2.24, 2.45) is 0 Å². The second kappa shape index (κ2) is 6.91. The molecule has 34 heavy (non-hydrogen) atoms. The predicted octanol–water partition coefficient (Wildman–Crippen LogP) is 7.77. The van der Waals surface area contributed by atoms with Gasteiger partial charge in [0.1, 0.15) is 17.6 Å². The number of anilines is 3. The van der Waals surface area contributed by atoms with Crippen LogP contribution in [0.2, 0.25) is 0 Å². The van der Waals surface area contributed by atoms with Crippen molar-refractivity contribution in [2.45, 2.75) is 20.0 Å². The lowest BCUT2D eigenvalue weighted by Gasteiger charge is -2.30. The molecule has 0 bridgehead atoms. The van der Waals surface area contributed by atoms with Crippen molar-refractivity contribution in [3.05, 3.63) is 96.6 Å². The largest absolute Gasteiger partial charge is 0.454 e. The van der Waals surface area contributed by atoms with Gasteiger partial charge in [-0.1, -0.05) is 66.7 Å². The first-order valence-corrected chi connectivity index (χ1v) is 11.8. The van der Waals surface area contributed by atoms with Crippen molar-refractivity contribution >= 4 is 50.0 Å². The summed E-state index contributed by atoms with van der Waals surface area (Å²) in [5.74, 6) is 1.18. The van der Waals surface area contributed by atoms with E-state index in [1.165, 1.54) is 28.0 Å². The molecule has 0 radical (unpaired) electrons. The van der Waals surface area contributed by atoms with Crippen LogP contribution in [-0.2, 0) is 0 Å². The number of para-hydroxylation sites is 3. The van der Waals surface area contributed by atoms with Gasteiger partial charge in [0.05, 0.1) is 16.9 Å². The van der Waals surface area contributed by atoms with Crippen LogP contribution in [0.5, 0.6) is 0 Å². The molecule has 0 N–H and O–H groups in total. The average Bonchev–Trinajstić information content (AvgIpc) is 3.48. The van der Waals surface area contributed by atoms with Crippen LogP contribution in [0.15, 0.2) is 95.4 Å². The first kappa shape index (κ1) is 19.3. The van der Waals surface area contributed by atoms with E-state index in [1.807, 2.05) is 6.07 Å². The number of benzene rings is 4. The Morgan fingerprint density at radius 3 is 2.24 bits per heavy atom. The lowest BCUT2D eigenvalue weighted by molar-refractivity contribution is 0.660. The van der Waals surface area contributed by atoms with Gasteiger partial charge in [0.25, 0.3) is 0 Å². The Morgan fingerprint density at radius 1 is 0.706 bits per heavy atom. The Bertz CT molecular complexity index is 1710. The summed E-state index contributed by atoms with van der Waals surface area (Å²) in [5, 5.41) is 3.57. The van der Waals surface area contributed by atoms with E-state index in [9.17, 15) is 0 Å². The molecule has 3 heterocycles. The number of nitrogens with zero attached hydrogens (tertiary/aromatic N) is 3. The predicted molar refractivity (Wildman–Crippen MR) is 142 cm³/mol. The molecule has 1 aliphatic rings. The highest BCUT2D eigenvalue weighted by molar-refractivity contribution is 6.13. The summed E-state index contributed by atoms with van der Waals surface area (Å²) in [6.45, 7) is 4.45. The molecule has 0 saturated carbocycles. The van der Waals surface area contributed by atoms with E-state index in [-0.39, 0.29) is 6.17 Å². The molecule has 0 amide bonds. The monoisotopic (exact) mass is 443 g/mol. The van der Waals surface area contributed by atoms with Crippen LogP contribution >= 0.6 is 0 Å². The fraction of sp³-hybridized carbons (Fsp3) is 0.133. The number of aryl methyl sites for hydroxylation is 1. The van der Waals surface area contributed by atoms with Crippen molar-refractivity contribution in [3.8, 4) is 5.69 Å². The third-order valence-corrected chi connectivity index (χ3v) is 7.32. The topological polar surface area (TPSA) is 24.6 Å². The zero-order chi connectivity index (χ0) is 23.0. The van der Waals surface area contributed by atoms with Crippen molar-refractivity contribution in [3.63, 3.8) is 0 Å². The van der Waals surface area contributed by atoms with Gasteiger partial charge in [0, 0.05) is 28.9 Å². The summed E-state index contributed by atoms with van der Waals surface area (Å²) >= 11 is 0. The van der Waals surface area contributed by atoms with Crippen LogP contribution in [0.25, 0.3) is 38.5 Å². The summed E-state index contributed by atoms with van der Waals surface area (Å²) in [4.78, 5) is 4.85. The number of furan rings is 1. The van der Waals surface area contributed by atoms with E-state index < -0.39 is 0 Å². The molecule has 7 rings (SSSR count). The minimum Gasteiger partial charge on any atom is -0.454 e. The lowest BCUT2D eigenvalue weighted by atomic mass is 10.1. The molecule has 166 valence electrons. The number of rotatable bonds is 2. The van der Waals surface area contributed by atoms with E-state index in [4.69, 9.17) is 4.42 Å². The molecule has 4 heteroatoms. The third-order valence-electron chi connectivity index (χ3n) is 7.32. The normalized spacial score (nSPS) is 15.7. The second-order valence-corrected chi connectivity index (χ2v) is 9.18. The van der Waals surface area contributed by atoms with Gasteiger partial charge in [0.15, 0.2) is 5.58 Å². The highest BCUT2D eigenvalue weighted by Crippen LogP contribution is 2.53. The maximum Gasteiger partial charge on any atom is 0.159 e. The molecule has 0 fully saturated rings. The summed E-state index contributed by atoms with van der Waals surface area (Å²) in [7, 11) is 2.19. The Kier molecular flexibility index (Phi) is 3.92. The van der Waals surface area contributed by atoms with Crippen molar-refractivity contribution in [1.82, 2.24) is 4.57 Å². The van der Waals surface area contributed by atoms with E-state index in [1.54, 1.807) is 0 Å². The van der Waals surface area contributed by atoms with Gasteiger partial charge in [-0.2, -0.15) is 0 Å². The summed E-state index contributed by atoms with van der Waals surface area (Å²) in [6.07, 6.45) is 0.127. The Labute approximate surface area is 198 Å². The maximum absolute atomic E-state index is 6.53. The molecular formula is C30H25N3O. The summed E-state index contributed by atoms with van der Waals surface area (Å²) < 4.78 is 8.92. The number of hydrogen-bond donors (Lipinski definition) is 0. The molecule has 1 atom stereocenters. The first-order valence-electron chi connectivity index (χ1n) is 11.8. The minimum absolute atomic E-state index is 0.127. The second-order valence-electron chi connectivity index (χ2n) is 9.18. The molecular weight excluding hydrogens is 418 g/mol. The van der Waals surface area contributed by atoms with Crippen molar-refractivity contribution in [1.29, 1.82) is 0 Å². The van der Waals surface area contributed by atoms with Gasteiger partial charge in [-0.3, -0.25) is 4.57 Å². The van der Waals surface area contributed by atoms with Gasteiger partial charge >= 0.3 is 0 Å². The SMILES string of the molecule is Cc1ccc2c(oc3ccccc32)c1N1c2c(c3ccccc3n2-c2ccccc2)N(C)[C@@H]1C. The van der Waals surface area contributed by atoms with Crippen molar-refractivity contribution < 1.29 is 4.42 Å². The maximum atomic E-state index is 6.53. The van der Waals surface area contributed by atoms with E-state index in [2.05, 4.69) is 120 Å². The number of hydrogen-bond acceptors (Lipinski definition) is 3. The van der Waals surface area contributed by atoms with Gasteiger partial charge in [-0.25, -0.2) is 0 Å². The van der Waals surface area contributed by atoms with Crippen molar-refractivity contribution in [2.75, 3.05) is 16.8 Å². The third kappa shape index (κ3) is 2.43. The molecule has 1 aliphatic heterocycles. The Morgan fingerprint density at radius 2 is 1.41 bits per heavy atom. The molecule has 0 aliphatic carbocycles. The van der Waals surface area contributed by atoms with Crippen LogP contribution in [0.3, 0.4) is 0 Å². The smallest absolute Gasteiger partial charge is 0.159 e. The average molecular weight is 444 g/mol. The van der Waals surface area contributed by atoms with Crippen LogP contribution in [0.1, 0.15) is 12.5 Å². The molecule has 0 spiro atoms. The van der Waals surface area contributed by atoms with E-state index >= 15 is 0 Å². The van der Waals surface area contributed by atoms with E-state index in [0.717, 1.165) is 33.3 Å². The van der Waals surface area contributed by atoms with Crippen LogP contribution in [0, 0.1) is 6.92 Å². The van der Waals surface area contributed by atoms with Crippen LogP contribution < -0.4 is 9.80 Å². The first-order chi connectivity index (χ1) is 16.6. The lowest BCUT2D eigenvalue weighted by Crippen LogP contribution is -2.37. The van der Waals surface area contributed by atoms with Gasteiger partial charge in [-0.15, -0.1) is 0 Å².